The highest BCUT2D eigenvalue weighted by Gasteiger charge is 2.26. The predicted octanol–water partition coefficient (Wildman–Crippen LogP) is 1.75. The number of rotatable bonds is 2. The van der Waals surface area contributed by atoms with Crippen molar-refractivity contribution in [3.63, 3.8) is 0 Å². The molecule has 6 heteroatoms. The van der Waals surface area contributed by atoms with Crippen molar-refractivity contribution in [2.24, 2.45) is 0 Å². The minimum atomic E-state index is 0.0767. The number of carbonyl (C=O) groups excluding carboxylic acids is 1. The summed E-state index contributed by atoms with van der Waals surface area (Å²) in [4.78, 5) is 19.5. The number of piperazine rings is 1. The lowest BCUT2D eigenvalue weighted by Gasteiger charge is -2.34. The van der Waals surface area contributed by atoms with Crippen LogP contribution in [-0.4, -0.2) is 51.2 Å². The highest BCUT2D eigenvalue weighted by Crippen LogP contribution is 2.23. The molecule has 1 atom stereocenters. The lowest BCUT2D eigenvalue weighted by molar-refractivity contribution is 0.0657. The lowest BCUT2D eigenvalue weighted by Crippen LogP contribution is -2.52. The zero-order chi connectivity index (χ0) is 15.9. The van der Waals surface area contributed by atoms with Gasteiger partial charge < -0.3 is 10.2 Å². The Bertz CT molecular complexity index is 706. The van der Waals surface area contributed by atoms with Crippen molar-refractivity contribution in [2.45, 2.75) is 39.8 Å². The number of aryl methyl sites for hydroxylation is 1. The van der Waals surface area contributed by atoms with Gasteiger partial charge in [0.2, 0.25) is 0 Å². The Hall–Kier alpha value is -1.95. The average molecular weight is 301 g/mol. The van der Waals surface area contributed by atoms with Crippen molar-refractivity contribution >= 4 is 16.9 Å². The molecule has 1 fully saturated rings. The van der Waals surface area contributed by atoms with E-state index in [-0.39, 0.29) is 18.0 Å². The minimum Gasteiger partial charge on any atom is -0.333 e. The zero-order valence-electron chi connectivity index (χ0n) is 13.6. The Morgan fingerprint density at radius 1 is 1.45 bits per heavy atom. The van der Waals surface area contributed by atoms with Crippen LogP contribution in [0.15, 0.2) is 12.3 Å². The van der Waals surface area contributed by atoms with Gasteiger partial charge in [0, 0.05) is 37.4 Å². The summed E-state index contributed by atoms with van der Waals surface area (Å²) in [7, 11) is 0. The van der Waals surface area contributed by atoms with E-state index in [1.54, 1.807) is 6.20 Å². The van der Waals surface area contributed by atoms with Crippen molar-refractivity contribution < 1.29 is 4.79 Å². The quantitative estimate of drug-likeness (QED) is 0.918. The predicted molar refractivity (Wildman–Crippen MR) is 86.0 cm³/mol. The number of amides is 1. The second kappa shape index (κ2) is 5.68. The molecule has 1 aliphatic heterocycles. The molecule has 0 spiro atoms. The molecule has 0 radical (unpaired) electrons. The first-order chi connectivity index (χ1) is 10.5. The van der Waals surface area contributed by atoms with Crippen molar-refractivity contribution in [1.82, 2.24) is 25.0 Å². The Balaban J connectivity index is 2.08. The van der Waals surface area contributed by atoms with E-state index in [4.69, 9.17) is 0 Å². The molecule has 3 heterocycles. The van der Waals surface area contributed by atoms with Crippen LogP contribution in [0, 0.1) is 6.92 Å². The van der Waals surface area contributed by atoms with Gasteiger partial charge in [0.05, 0.1) is 17.1 Å². The highest BCUT2D eigenvalue weighted by molar-refractivity contribution is 6.05. The summed E-state index contributed by atoms with van der Waals surface area (Å²) in [5.74, 6) is 0.0767. The Labute approximate surface area is 130 Å². The number of nitrogens with one attached hydrogen (secondary N) is 1. The number of hydrogen-bond donors (Lipinski definition) is 1. The maximum absolute atomic E-state index is 13.0. The van der Waals surface area contributed by atoms with E-state index in [1.807, 2.05) is 22.6 Å². The van der Waals surface area contributed by atoms with Gasteiger partial charge in [-0.3, -0.25) is 4.79 Å². The van der Waals surface area contributed by atoms with E-state index in [1.165, 1.54) is 0 Å². The summed E-state index contributed by atoms with van der Waals surface area (Å²) < 4.78 is 1.88. The number of carbonyl (C=O) groups is 1. The third kappa shape index (κ3) is 2.47. The van der Waals surface area contributed by atoms with Crippen LogP contribution < -0.4 is 5.32 Å². The molecule has 0 unspecified atom stereocenters. The van der Waals surface area contributed by atoms with Gasteiger partial charge in [-0.05, 0) is 33.8 Å². The first-order valence-corrected chi connectivity index (χ1v) is 7.85. The summed E-state index contributed by atoms with van der Waals surface area (Å²) in [5, 5.41) is 8.57. The van der Waals surface area contributed by atoms with Crippen molar-refractivity contribution in [1.29, 1.82) is 0 Å². The summed E-state index contributed by atoms with van der Waals surface area (Å²) >= 11 is 0. The second-order valence-corrected chi connectivity index (χ2v) is 6.28. The standard InChI is InChI=1S/C16H23N5O/c1-10(2)21-15-14(9-18-21)13(7-11(3)19-15)16(22)20-6-5-17-8-12(20)4/h7,9-10,12,17H,5-6,8H2,1-4H3/t12-/m0/s1. The van der Waals surface area contributed by atoms with Gasteiger partial charge in [-0.15, -0.1) is 0 Å². The molecule has 0 aliphatic carbocycles. The number of nitrogens with zero attached hydrogens (tertiary/aromatic N) is 4. The Morgan fingerprint density at radius 3 is 2.91 bits per heavy atom. The molecule has 6 nitrogen and oxygen atoms in total. The van der Waals surface area contributed by atoms with Crippen molar-refractivity contribution in [2.75, 3.05) is 19.6 Å². The van der Waals surface area contributed by atoms with Gasteiger partial charge in [-0.1, -0.05) is 0 Å². The van der Waals surface area contributed by atoms with Crippen LogP contribution in [0.3, 0.4) is 0 Å². The van der Waals surface area contributed by atoms with Crippen LogP contribution in [0.1, 0.15) is 42.9 Å². The molecule has 2 aromatic rings. The second-order valence-electron chi connectivity index (χ2n) is 6.28. The third-order valence-electron chi connectivity index (χ3n) is 4.18. The minimum absolute atomic E-state index is 0.0767. The van der Waals surface area contributed by atoms with Gasteiger partial charge in [0.1, 0.15) is 0 Å². The first kappa shape index (κ1) is 15.0. The lowest BCUT2D eigenvalue weighted by atomic mass is 10.1. The number of pyridine rings is 1. The zero-order valence-corrected chi connectivity index (χ0v) is 13.6. The van der Waals surface area contributed by atoms with Crippen molar-refractivity contribution in [3.8, 4) is 0 Å². The smallest absolute Gasteiger partial charge is 0.255 e. The Kier molecular flexibility index (Phi) is 3.87. The fraction of sp³-hybridized carbons (Fsp3) is 0.562. The fourth-order valence-corrected chi connectivity index (χ4v) is 3.00. The maximum atomic E-state index is 13.0. The van der Waals surface area contributed by atoms with E-state index < -0.39 is 0 Å². The monoisotopic (exact) mass is 301 g/mol. The van der Waals surface area contributed by atoms with Crippen LogP contribution in [-0.2, 0) is 0 Å². The summed E-state index contributed by atoms with van der Waals surface area (Å²) in [6.07, 6.45) is 1.77. The normalized spacial score (nSPS) is 19.1. The van der Waals surface area contributed by atoms with E-state index in [0.717, 1.165) is 36.4 Å². The van der Waals surface area contributed by atoms with Gasteiger partial charge in [-0.25, -0.2) is 9.67 Å². The summed E-state index contributed by atoms with van der Waals surface area (Å²) in [6, 6.07) is 2.30. The molecule has 22 heavy (non-hydrogen) atoms. The largest absolute Gasteiger partial charge is 0.333 e. The maximum Gasteiger partial charge on any atom is 0.255 e. The third-order valence-corrected chi connectivity index (χ3v) is 4.18. The van der Waals surface area contributed by atoms with E-state index in [0.29, 0.717) is 5.56 Å². The van der Waals surface area contributed by atoms with Crippen LogP contribution >= 0.6 is 0 Å². The Morgan fingerprint density at radius 2 is 2.23 bits per heavy atom. The molecule has 0 aromatic carbocycles. The van der Waals surface area contributed by atoms with Crippen LogP contribution in [0.2, 0.25) is 0 Å². The molecular weight excluding hydrogens is 278 g/mol. The summed E-state index contributed by atoms with van der Waals surface area (Å²) in [5.41, 5.74) is 2.35. The molecule has 3 rings (SSSR count). The number of fused-ring (bicyclic) bond motifs is 1. The van der Waals surface area contributed by atoms with Crippen molar-refractivity contribution in [3.05, 3.63) is 23.5 Å². The molecule has 0 bridgehead atoms. The first-order valence-electron chi connectivity index (χ1n) is 7.85. The molecule has 2 aromatic heterocycles. The highest BCUT2D eigenvalue weighted by atomic mass is 16.2. The topological polar surface area (TPSA) is 63.1 Å². The molecule has 1 saturated heterocycles. The number of aromatic nitrogens is 3. The molecule has 0 saturated carbocycles. The van der Waals surface area contributed by atoms with Crippen LogP contribution in [0.4, 0.5) is 0 Å². The fourth-order valence-electron chi connectivity index (χ4n) is 3.00. The van der Waals surface area contributed by atoms with Gasteiger partial charge in [-0.2, -0.15) is 5.10 Å². The molecule has 1 amide bonds. The molecule has 1 N–H and O–H groups in total. The average Bonchev–Trinajstić information content (AvgIpc) is 2.90. The van der Waals surface area contributed by atoms with E-state index in [9.17, 15) is 4.79 Å². The molecule has 118 valence electrons. The van der Waals surface area contributed by atoms with Gasteiger partial charge in [0.15, 0.2) is 5.65 Å². The SMILES string of the molecule is Cc1cc(C(=O)N2CCNC[C@@H]2C)c2cnn(C(C)C)c2n1. The van der Waals surface area contributed by atoms with Gasteiger partial charge >= 0.3 is 0 Å². The van der Waals surface area contributed by atoms with E-state index in [2.05, 4.69) is 36.2 Å². The summed E-state index contributed by atoms with van der Waals surface area (Å²) in [6.45, 7) is 10.6. The number of hydrogen-bond acceptors (Lipinski definition) is 4. The van der Waals surface area contributed by atoms with E-state index >= 15 is 0 Å². The van der Waals surface area contributed by atoms with Crippen LogP contribution in [0.5, 0.6) is 0 Å². The van der Waals surface area contributed by atoms with Gasteiger partial charge in [0.25, 0.3) is 5.91 Å². The molecular formula is C16H23N5O. The van der Waals surface area contributed by atoms with Crippen LogP contribution in [0.25, 0.3) is 11.0 Å². The molecule has 1 aliphatic rings.